The average Bonchev–Trinajstić information content (AvgIpc) is 3.33. The number of nitrogens with zero attached hydrogens (tertiary/aromatic N) is 3. The first kappa shape index (κ1) is 24.5. The van der Waals surface area contributed by atoms with E-state index in [4.69, 9.17) is 4.74 Å². The Morgan fingerprint density at radius 1 is 1.05 bits per heavy atom. The minimum absolute atomic E-state index is 0.111. The second kappa shape index (κ2) is 9.69. The maximum Gasteiger partial charge on any atom is 0.407 e. The molecule has 0 spiro atoms. The Hall–Kier alpha value is -4.20. The van der Waals surface area contributed by atoms with E-state index in [0.29, 0.717) is 42.4 Å². The number of aromatic amines is 1. The van der Waals surface area contributed by atoms with Gasteiger partial charge >= 0.3 is 6.09 Å². The summed E-state index contributed by atoms with van der Waals surface area (Å²) in [6.45, 7) is 6.69. The van der Waals surface area contributed by atoms with E-state index in [9.17, 15) is 14.7 Å². The highest BCUT2D eigenvalue weighted by Crippen LogP contribution is 2.41. The predicted molar refractivity (Wildman–Crippen MR) is 140 cm³/mol. The summed E-state index contributed by atoms with van der Waals surface area (Å²) in [6.07, 6.45) is 2.21. The molecule has 8 heteroatoms. The van der Waals surface area contributed by atoms with Gasteiger partial charge in [0, 0.05) is 29.9 Å². The molecular weight excluding hydrogens is 468 g/mol. The van der Waals surface area contributed by atoms with Crippen molar-refractivity contribution in [2.45, 2.75) is 45.6 Å². The average molecular weight is 499 g/mol. The van der Waals surface area contributed by atoms with Crippen LogP contribution < -0.4 is 4.74 Å². The highest BCUT2D eigenvalue weighted by atomic mass is 16.5. The molecule has 190 valence electrons. The first-order chi connectivity index (χ1) is 17.7. The fourth-order valence-corrected chi connectivity index (χ4v) is 5.08. The van der Waals surface area contributed by atoms with Crippen molar-refractivity contribution in [3.05, 3.63) is 83.8 Å². The first-order valence-corrected chi connectivity index (χ1v) is 12.4. The number of pyridine rings is 1. The molecule has 0 aliphatic carbocycles. The molecule has 2 aromatic carbocycles. The van der Waals surface area contributed by atoms with Gasteiger partial charge in [-0.15, -0.1) is 0 Å². The lowest BCUT2D eigenvalue weighted by atomic mass is 9.75. The van der Waals surface area contributed by atoms with E-state index in [1.54, 1.807) is 35.4 Å². The molecule has 3 heterocycles. The third-order valence-electron chi connectivity index (χ3n) is 7.02. The molecule has 2 N–H and O–H groups in total. The number of likely N-dealkylation sites (tertiary alicyclic amines) is 1. The number of carboxylic acid groups (broad SMARTS) is 1. The maximum atomic E-state index is 12.9. The molecule has 0 saturated carbocycles. The number of nitrogens with one attached hydrogen (secondary N) is 1. The zero-order valence-corrected chi connectivity index (χ0v) is 21.1. The number of piperidine rings is 1. The van der Waals surface area contributed by atoms with Crippen molar-refractivity contribution >= 4 is 22.9 Å². The summed E-state index contributed by atoms with van der Waals surface area (Å²) in [5.41, 5.74) is 2.83. The van der Waals surface area contributed by atoms with Gasteiger partial charge in [0.25, 0.3) is 0 Å². The Balaban J connectivity index is 1.34. The van der Waals surface area contributed by atoms with Crippen LogP contribution in [0.1, 0.15) is 61.3 Å². The van der Waals surface area contributed by atoms with Crippen LogP contribution in [0.3, 0.4) is 0 Å². The van der Waals surface area contributed by atoms with Crippen molar-refractivity contribution in [1.82, 2.24) is 19.9 Å². The molecule has 2 aromatic heterocycles. The highest BCUT2D eigenvalue weighted by molar-refractivity contribution is 6.08. The molecule has 1 aliphatic rings. The number of H-pyrrole nitrogens is 1. The number of para-hydroxylation sites is 2. The summed E-state index contributed by atoms with van der Waals surface area (Å²) in [4.78, 5) is 38.3. The lowest BCUT2D eigenvalue weighted by molar-refractivity contribution is 0.0523. The van der Waals surface area contributed by atoms with Crippen LogP contribution in [0.4, 0.5) is 4.79 Å². The molecule has 5 rings (SSSR count). The SMILES string of the molecule is CC(C)(C)C1CC(c2cccnc2Oc2ccc(C(=O)c3nc4ccccc4[nH]3)cc2)CCN1C(=O)O. The molecule has 0 bridgehead atoms. The van der Waals surface area contributed by atoms with Crippen LogP contribution >= 0.6 is 0 Å². The molecule has 2 unspecified atom stereocenters. The van der Waals surface area contributed by atoms with Gasteiger partial charge < -0.3 is 19.7 Å². The molecule has 1 aliphatic heterocycles. The van der Waals surface area contributed by atoms with Gasteiger partial charge in [-0.3, -0.25) is 4.79 Å². The van der Waals surface area contributed by atoms with E-state index in [1.165, 1.54) is 0 Å². The monoisotopic (exact) mass is 498 g/mol. The van der Waals surface area contributed by atoms with Gasteiger partial charge in [-0.1, -0.05) is 39.0 Å². The van der Waals surface area contributed by atoms with Gasteiger partial charge in [0.15, 0.2) is 5.82 Å². The normalized spacial score (nSPS) is 18.1. The lowest BCUT2D eigenvalue weighted by Crippen LogP contribution is -2.51. The number of ether oxygens (including phenoxy) is 1. The van der Waals surface area contributed by atoms with E-state index < -0.39 is 6.09 Å². The number of hydrogen-bond acceptors (Lipinski definition) is 5. The van der Waals surface area contributed by atoms with E-state index >= 15 is 0 Å². The Labute approximate surface area is 215 Å². The Kier molecular flexibility index (Phi) is 6.41. The van der Waals surface area contributed by atoms with Crippen molar-refractivity contribution in [3.8, 4) is 11.6 Å². The van der Waals surface area contributed by atoms with Crippen molar-refractivity contribution in [2.24, 2.45) is 5.41 Å². The van der Waals surface area contributed by atoms with Gasteiger partial charge in [-0.2, -0.15) is 0 Å². The zero-order valence-electron chi connectivity index (χ0n) is 21.1. The van der Waals surface area contributed by atoms with Crippen molar-refractivity contribution in [2.75, 3.05) is 6.54 Å². The molecular formula is C29H30N4O4. The van der Waals surface area contributed by atoms with Crippen molar-refractivity contribution < 1.29 is 19.4 Å². The van der Waals surface area contributed by atoms with Gasteiger partial charge in [-0.25, -0.2) is 14.8 Å². The molecule has 1 amide bonds. The summed E-state index contributed by atoms with van der Waals surface area (Å²) < 4.78 is 6.17. The molecule has 1 fully saturated rings. The van der Waals surface area contributed by atoms with Gasteiger partial charge in [0.2, 0.25) is 11.7 Å². The Bertz CT molecular complexity index is 1410. The molecule has 2 atom stereocenters. The minimum Gasteiger partial charge on any atom is -0.465 e. The largest absolute Gasteiger partial charge is 0.465 e. The smallest absolute Gasteiger partial charge is 0.407 e. The Morgan fingerprint density at radius 2 is 1.81 bits per heavy atom. The number of aromatic nitrogens is 3. The van der Waals surface area contributed by atoms with E-state index in [-0.39, 0.29) is 23.2 Å². The second-order valence-corrected chi connectivity index (χ2v) is 10.5. The van der Waals surface area contributed by atoms with E-state index in [1.807, 2.05) is 36.4 Å². The fraction of sp³-hybridized carbons (Fsp3) is 0.310. The molecule has 8 nitrogen and oxygen atoms in total. The van der Waals surface area contributed by atoms with E-state index in [0.717, 1.165) is 16.6 Å². The predicted octanol–water partition coefficient (Wildman–Crippen LogP) is 6.25. The van der Waals surface area contributed by atoms with Crippen LogP contribution in [0.2, 0.25) is 0 Å². The quantitative estimate of drug-likeness (QED) is 0.315. The van der Waals surface area contributed by atoms with E-state index in [2.05, 4.69) is 35.7 Å². The number of rotatable bonds is 5. The third-order valence-corrected chi connectivity index (χ3v) is 7.02. The molecule has 4 aromatic rings. The fourth-order valence-electron chi connectivity index (χ4n) is 5.08. The number of amides is 1. The number of benzene rings is 2. The maximum absolute atomic E-state index is 12.9. The standard InChI is InChI=1S/C29H30N4O4/c1-29(2,3)24-17-19(14-16-33(24)28(35)36)21-7-6-15-30-27(21)37-20-12-10-18(11-13-20)25(34)26-31-22-8-4-5-9-23(22)32-26/h4-13,15,19,24H,14,16-17H2,1-3H3,(H,31,32)(H,35,36). The van der Waals surface area contributed by atoms with Crippen molar-refractivity contribution in [1.29, 1.82) is 0 Å². The third kappa shape index (κ3) is 5.05. The number of imidazole rings is 1. The van der Waals surface area contributed by atoms with Crippen LogP contribution in [-0.4, -0.2) is 49.4 Å². The number of carbonyl (C=O) groups is 2. The summed E-state index contributed by atoms with van der Waals surface area (Å²) in [7, 11) is 0. The van der Waals surface area contributed by atoms with Crippen LogP contribution in [0.15, 0.2) is 66.9 Å². The van der Waals surface area contributed by atoms with Gasteiger partial charge in [0.05, 0.1) is 11.0 Å². The summed E-state index contributed by atoms with van der Waals surface area (Å²) in [5, 5.41) is 9.71. The number of fused-ring (bicyclic) bond motifs is 1. The van der Waals surface area contributed by atoms with Crippen LogP contribution in [-0.2, 0) is 0 Å². The van der Waals surface area contributed by atoms with Gasteiger partial charge in [0.1, 0.15) is 5.75 Å². The number of hydrogen-bond donors (Lipinski definition) is 2. The minimum atomic E-state index is -0.877. The zero-order chi connectivity index (χ0) is 26.2. The lowest BCUT2D eigenvalue weighted by Gasteiger charge is -2.44. The number of carbonyl (C=O) groups excluding carboxylic acids is 1. The highest BCUT2D eigenvalue weighted by Gasteiger charge is 2.39. The summed E-state index contributed by atoms with van der Waals surface area (Å²) in [5.74, 6) is 1.29. The molecule has 1 saturated heterocycles. The van der Waals surface area contributed by atoms with Gasteiger partial charge in [-0.05, 0) is 66.6 Å². The first-order valence-electron chi connectivity index (χ1n) is 12.4. The molecule has 37 heavy (non-hydrogen) atoms. The topological polar surface area (TPSA) is 108 Å². The van der Waals surface area contributed by atoms with Crippen LogP contribution in [0.5, 0.6) is 11.6 Å². The summed E-state index contributed by atoms with van der Waals surface area (Å²) >= 11 is 0. The van der Waals surface area contributed by atoms with Crippen LogP contribution in [0.25, 0.3) is 11.0 Å². The number of ketones is 1. The Morgan fingerprint density at radius 3 is 2.51 bits per heavy atom. The van der Waals surface area contributed by atoms with Crippen LogP contribution in [0, 0.1) is 5.41 Å². The second-order valence-electron chi connectivity index (χ2n) is 10.5. The summed E-state index contributed by atoms with van der Waals surface area (Å²) in [6, 6.07) is 18.2. The molecule has 0 radical (unpaired) electrons. The van der Waals surface area contributed by atoms with Crippen molar-refractivity contribution in [3.63, 3.8) is 0 Å².